The number of hydrogen-bond donors (Lipinski definition) is 2. The van der Waals surface area contributed by atoms with Crippen LogP contribution in [0.5, 0.6) is 0 Å². The number of primary sulfonamides is 1. The Hall–Kier alpha value is -2.17. The Morgan fingerprint density at radius 2 is 1.76 bits per heavy atom. The van der Waals surface area contributed by atoms with Crippen molar-refractivity contribution in [2.45, 2.75) is 11.1 Å². The number of para-hydroxylation sites is 1. The first-order valence-corrected chi connectivity index (χ1v) is 8.33. The maximum absolute atomic E-state index is 13.9. The van der Waals surface area contributed by atoms with Crippen LogP contribution in [0.4, 0.5) is 23.2 Å². The van der Waals surface area contributed by atoms with Crippen LogP contribution in [0.1, 0.15) is 15.9 Å². The predicted molar refractivity (Wildman–Crippen MR) is 82.2 cm³/mol. The standard InChI is InChI=1S/C14H9ClF4N2O3S/c15-9-6-10(16)7(5-12(9)25(20,23)24)13(22)21-11-4-2-1-3-8(11)14(17,18)19/h1-6H,(H,21,22)(H2,20,23,24). The number of anilines is 1. The molecule has 0 aliphatic carbocycles. The van der Waals surface area contributed by atoms with Gasteiger partial charge in [0.15, 0.2) is 0 Å². The van der Waals surface area contributed by atoms with Crippen molar-refractivity contribution in [1.29, 1.82) is 0 Å². The molecule has 0 atom stereocenters. The minimum absolute atomic E-state index is 0.534. The number of sulfonamides is 1. The number of nitrogens with one attached hydrogen (secondary N) is 1. The molecule has 0 heterocycles. The van der Waals surface area contributed by atoms with Crippen LogP contribution in [0.3, 0.4) is 0 Å². The molecule has 0 spiro atoms. The summed E-state index contributed by atoms with van der Waals surface area (Å²) in [5.41, 5.74) is -2.60. The fraction of sp³-hybridized carbons (Fsp3) is 0.0714. The lowest BCUT2D eigenvalue weighted by molar-refractivity contribution is -0.136. The lowest BCUT2D eigenvalue weighted by atomic mass is 10.1. The third kappa shape index (κ3) is 4.27. The van der Waals surface area contributed by atoms with Gasteiger partial charge in [0, 0.05) is 0 Å². The third-order valence-electron chi connectivity index (χ3n) is 3.05. The molecular formula is C14H9ClF4N2O3S. The van der Waals surface area contributed by atoms with Gasteiger partial charge in [0.25, 0.3) is 5.91 Å². The van der Waals surface area contributed by atoms with E-state index >= 15 is 0 Å². The second-order valence-corrected chi connectivity index (χ2v) is 6.74. The summed E-state index contributed by atoms with van der Waals surface area (Å²) >= 11 is 5.56. The van der Waals surface area contributed by atoms with Gasteiger partial charge in [-0.2, -0.15) is 13.2 Å². The van der Waals surface area contributed by atoms with E-state index in [0.29, 0.717) is 12.1 Å². The Balaban J connectivity index is 2.47. The minimum atomic E-state index is -4.76. The summed E-state index contributed by atoms with van der Waals surface area (Å²) in [5.74, 6) is -2.52. The van der Waals surface area contributed by atoms with Gasteiger partial charge in [0.05, 0.1) is 21.8 Å². The van der Waals surface area contributed by atoms with Crippen molar-refractivity contribution in [3.05, 3.63) is 58.4 Å². The van der Waals surface area contributed by atoms with Crippen LogP contribution in [-0.4, -0.2) is 14.3 Å². The molecule has 11 heteroatoms. The van der Waals surface area contributed by atoms with Gasteiger partial charge >= 0.3 is 6.18 Å². The largest absolute Gasteiger partial charge is 0.418 e. The molecule has 0 bridgehead atoms. The molecule has 0 radical (unpaired) electrons. The normalized spacial score (nSPS) is 12.1. The van der Waals surface area contributed by atoms with Crippen molar-refractivity contribution in [3.63, 3.8) is 0 Å². The van der Waals surface area contributed by atoms with Crippen LogP contribution >= 0.6 is 11.6 Å². The molecule has 1 amide bonds. The quantitative estimate of drug-likeness (QED) is 0.779. The smallest absolute Gasteiger partial charge is 0.321 e. The van der Waals surface area contributed by atoms with Crippen LogP contribution in [0.15, 0.2) is 41.3 Å². The van der Waals surface area contributed by atoms with E-state index in [1.807, 2.05) is 5.32 Å². The molecule has 5 nitrogen and oxygen atoms in total. The minimum Gasteiger partial charge on any atom is -0.321 e. The molecule has 0 aromatic heterocycles. The van der Waals surface area contributed by atoms with Crippen LogP contribution in [0, 0.1) is 5.82 Å². The number of amides is 1. The SMILES string of the molecule is NS(=O)(=O)c1cc(C(=O)Nc2ccccc2C(F)(F)F)c(F)cc1Cl. The van der Waals surface area contributed by atoms with E-state index in [1.165, 1.54) is 6.07 Å². The molecule has 25 heavy (non-hydrogen) atoms. The second-order valence-electron chi connectivity index (χ2n) is 4.80. The number of hydrogen-bond acceptors (Lipinski definition) is 3. The van der Waals surface area contributed by atoms with Crippen LogP contribution < -0.4 is 10.5 Å². The van der Waals surface area contributed by atoms with E-state index in [0.717, 1.165) is 18.2 Å². The number of halogens is 5. The molecule has 0 fully saturated rings. The van der Waals surface area contributed by atoms with Gasteiger partial charge in [-0.3, -0.25) is 4.79 Å². The first-order chi connectivity index (χ1) is 11.4. The van der Waals surface area contributed by atoms with Crippen LogP contribution in [0.25, 0.3) is 0 Å². The van der Waals surface area contributed by atoms with Gasteiger partial charge in [0.1, 0.15) is 10.7 Å². The summed E-state index contributed by atoms with van der Waals surface area (Å²) in [7, 11) is -4.37. The van der Waals surface area contributed by atoms with Crippen molar-refractivity contribution < 1.29 is 30.8 Å². The summed E-state index contributed by atoms with van der Waals surface area (Å²) in [4.78, 5) is 11.4. The first kappa shape index (κ1) is 19.2. The van der Waals surface area contributed by atoms with Gasteiger partial charge in [-0.25, -0.2) is 17.9 Å². The van der Waals surface area contributed by atoms with E-state index in [2.05, 4.69) is 0 Å². The Labute approximate surface area is 144 Å². The molecule has 0 aliphatic heterocycles. The third-order valence-corrected chi connectivity index (χ3v) is 4.43. The molecule has 0 saturated carbocycles. The van der Waals surface area contributed by atoms with Crippen molar-refractivity contribution >= 4 is 33.2 Å². The monoisotopic (exact) mass is 396 g/mol. The molecule has 3 N–H and O–H groups in total. The number of alkyl halides is 3. The molecule has 0 aliphatic rings. The zero-order chi connectivity index (χ0) is 19.0. The molecule has 0 saturated heterocycles. The maximum Gasteiger partial charge on any atom is 0.418 e. The van der Waals surface area contributed by atoms with Crippen LogP contribution in [0.2, 0.25) is 5.02 Å². The Morgan fingerprint density at radius 1 is 1.16 bits per heavy atom. The molecule has 134 valence electrons. The number of benzene rings is 2. The fourth-order valence-corrected chi connectivity index (χ4v) is 3.04. The van der Waals surface area contributed by atoms with Crippen molar-refractivity contribution in [3.8, 4) is 0 Å². The highest BCUT2D eigenvalue weighted by Gasteiger charge is 2.34. The summed E-state index contributed by atoms with van der Waals surface area (Å²) in [5, 5.41) is 6.23. The first-order valence-electron chi connectivity index (χ1n) is 6.40. The number of rotatable bonds is 3. The predicted octanol–water partition coefficient (Wildman–Crippen LogP) is 3.40. The molecular weight excluding hydrogens is 388 g/mol. The number of carbonyl (C=O) groups excluding carboxylic acids is 1. The van der Waals surface area contributed by atoms with Crippen molar-refractivity contribution in [2.75, 3.05) is 5.32 Å². The van der Waals surface area contributed by atoms with Gasteiger partial charge < -0.3 is 5.32 Å². The Kier molecular flexibility index (Phi) is 5.07. The second kappa shape index (κ2) is 6.62. The highest BCUT2D eigenvalue weighted by atomic mass is 35.5. The molecule has 2 rings (SSSR count). The summed E-state index contributed by atoms with van der Waals surface area (Å²) in [6, 6.07) is 5.13. The van der Waals surface area contributed by atoms with E-state index in [-0.39, 0.29) is 0 Å². The lowest BCUT2D eigenvalue weighted by Crippen LogP contribution is -2.19. The van der Waals surface area contributed by atoms with Crippen LogP contribution in [-0.2, 0) is 16.2 Å². The Bertz CT molecular complexity index is 946. The summed E-state index contributed by atoms with van der Waals surface area (Å²) in [6.07, 6.45) is -4.76. The van der Waals surface area contributed by atoms with Gasteiger partial charge in [0.2, 0.25) is 10.0 Å². The average Bonchev–Trinajstić information content (AvgIpc) is 2.45. The van der Waals surface area contributed by atoms with Crippen molar-refractivity contribution in [2.24, 2.45) is 5.14 Å². The average molecular weight is 397 g/mol. The van der Waals surface area contributed by atoms with Gasteiger partial charge in [-0.15, -0.1) is 0 Å². The van der Waals surface area contributed by atoms with E-state index < -0.39 is 54.7 Å². The van der Waals surface area contributed by atoms with Gasteiger partial charge in [-0.1, -0.05) is 23.7 Å². The Morgan fingerprint density at radius 3 is 2.32 bits per heavy atom. The topological polar surface area (TPSA) is 89.3 Å². The van der Waals surface area contributed by atoms with Gasteiger partial charge in [-0.05, 0) is 24.3 Å². The zero-order valence-electron chi connectivity index (χ0n) is 12.1. The zero-order valence-corrected chi connectivity index (χ0v) is 13.6. The molecule has 2 aromatic carbocycles. The fourth-order valence-electron chi connectivity index (χ4n) is 1.95. The highest BCUT2D eigenvalue weighted by molar-refractivity contribution is 7.89. The number of nitrogens with two attached hydrogens (primary N) is 1. The van der Waals surface area contributed by atoms with E-state index in [4.69, 9.17) is 16.7 Å². The lowest BCUT2D eigenvalue weighted by Gasteiger charge is -2.14. The van der Waals surface area contributed by atoms with E-state index in [9.17, 15) is 30.8 Å². The number of carbonyl (C=O) groups is 1. The molecule has 2 aromatic rings. The summed E-state index contributed by atoms with van der Waals surface area (Å²) < 4.78 is 75.4. The molecule has 0 unspecified atom stereocenters. The summed E-state index contributed by atoms with van der Waals surface area (Å²) in [6.45, 7) is 0. The maximum atomic E-state index is 13.9. The van der Waals surface area contributed by atoms with E-state index in [1.54, 1.807) is 0 Å². The van der Waals surface area contributed by atoms with Crippen molar-refractivity contribution in [1.82, 2.24) is 0 Å². The highest BCUT2D eigenvalue weighted by Crippen LogP contribution is 2.35.